The molecule has 6 nitrogen and oxygen atoms in total. The average Bonchev–Trinajstić information content (AvgIpc) is 3.09. The number of amides is 1. The smallest absolute Gasteiger partial charge is 0.231 e. The number of imidazole rings is 1. The zero-order valence-electron chi connectivity index (χ0n) is 15.0. The number of nitrogens with one attached hydrogen (secondary N) is 2. The molecule has 1 saturated carbocycles. The molecule has 0 unspecified atom stereocenters. The Balaban J connectivity index is 1.60. The summed E-state index contributed by atoms with van der Waals surface area (Å²) < 4.78 is 43.6. The molecule has 0 bridgehead atoms. The fourth-order valence-corrected chi connectivity index (χ4v) is 4.12. The lowest BCUT2D eigenvalue weighted by molar-refractivity contribution is -0.117. The van der Waals surface area contributed by atoms with Crippen LogP contribution in [0, 0.1) is 17.6 Å². The molecule has 0 spiro atoms. The zero-order valence-corrected chi connectivity index (χ0v) is 15.9. The summed E-state index contributed by atoms with van der Waals surface area (Å²) in [5.74, 6) is -2.61. The van der Waals surface area contributed by atoms with Crippen LogP contribution in [0.4, 0.5) is 19.0 Å². The number of rotatable bonds is 4. The Morgan fingerprint density at radius 1 is 1.31 bits per heavy atom. The van der Waals surface area contributed by atoms with Gasteiger partial charge in [0.05, 0.1) is 23.2 Å². The molecule has 29 heavy (non-hydrogen) atoms. The Kier molecular flexibility index (Phi) is 4.05. The van der Waals surface area contributed by atoms with Crippen molar-refractivity contribution < 1.29 is 18.0 Å². The number of pyridine rings is 1. The van der Waals surface area contributed by atoms with Crippen LogP contribution in [0.15, 0.2) is 35.6 Å². The van der Waals surface area contributed by atoms with Gasteiger partial charge in [0, 0.05) is 22.7 Å². The fourth-order valence-electron chi connectivity index (χ4n) is 3.42. The molecule has 0 saturated heterocycles. The first-order chi connectivity index (χ1) is 14.0. The second-order valence-corrected chi connectivity index (χ2v) is 7.67. The number of nitrogens with zero attached hydrogens (tertiary/aromatic N) is 3. The van der Waals surface area contributed by atoms with Gasteiger partial charge in [-0.2, -0.15) is 5.10 Å². The second-order valence-electron chi connectivity index (χ2n) is 6.85. The van der Waals surface area contributed by atoms with E-state index in [0.29, 0.717) is 28.0 Å². The Bertz CT molecular complexity index is 1280. The lowest BCUT2D eigenvalue weighted by atomic mass is 10.0. The van der Waals surface area contributed by atoms with Gasteiger partial charge in [-0.3, -0.25) is 9.89 Å². The van der Waals surface area contributed by atoms with Gasteiger partial charge < -0.3 is 9.72 Å². The first-order valence-corrected chi connectivity index (χ1v) is 10.0. The van der Waals surface area contributed by atoms with Crippen molar-refractivity contribution in [2.75, 3.05) is 11.6 Å². The Morgan fingerprint density at radius 3 is 2.83 bits per heavy atom. The molecule has 3 heterocycles. The van der Waals surface area contributed by atoms with Crippen molar-refractivity contribution in [1.29, 1.82) is 0 Å². The van der Waals surface area contributed by atoms with Crippen LogP contribution in [0.2, 0.25) is 0 Å². The molecule has 148 valence electrons. The lowest BCUT2D eigenvalue weighted by Gasteiger charge is -2.12. The summed E-state index contributed by atoms with van der Waals surface area (Å²) in [7, 11) is 0. The van der Waals surface area contributed by atoms with Crippen LogP contribution in [0.3, 0.4) is 0 Å². The molecular weight excluding hydrogens is 403 g/mol. The summed E-state index contributed by atoms with van der Waals surface area (Å²) in [5, 5.41) is 9.43. The highest BCUT2D eigenvalue weighted by Crippen LogP contribution is 2.40. The number of aromatic nitrogens is 4. The van der Waals surface area contributed by atoms with Crippen LogP contribution >= 0.6 is 11.8 Å². The number of hydrogen-bond acceptors (Lipinski definition) is 4. The van der Waals surface area contributed by atoms with Crippen LogP contribution in [0.25, 0.3) is 27.7 Å². The van der Waals surface area contributed by atoms with Gasteiger partial charge in [0.1, 0.15) is 17.3 Å². The topological polar surface area (TPSA) is 75.1 Å². The Hall–Kier alpha value is -3.01. The van der Waals surface area contributed by atoms with Gasteiger partial charge in [0.2, 0.25) is 5.91 Å². The van der Waals surface area contributed by atoms with Crippen molar-refractivity contribution in [1.82, 2.24) is 19.6 Å². The van der Waals surface area contributed by atoms with Crippen LogP contribution in [-0.2, 0) is 4.79 Å². The van der Waals surface area contributed by atoms with Crippen molar-refractivity contribution >= 4 is 40.0 Å². The van der Waals surface area contributed by atoms with E-state index in [1.807, 2.05) is 0 Å². The standard InChI is InChI=1S/C19H14F3N5OS/c1-29-18-14(10-5-23-26-17(10)15(21)16(18)22)8-2-3-13-24-12(7-27(13)6-8)25-19(28)9-4-11(9)20/h2-3,5-7,9,11H,4H2,1H3,(H,23,26)(H,25,28)/t9-,11+/m1/s1. The molecule has 2 atom stereocenters. The van der Waals surface area contributed by atoms with E-state index in [-0.39, 0.29) is 16.8 Å². The minimum Gasteiger partial charge on any atom is -0.309 e. The van der Waals surface area contributed by atoms with Gasteiger partial charge in [-0.1, -0.05) is 0 Å². The highest BCUT2D eigenvalue weighted by Gasteiger charge is 2.43. The van der Waals surface area contributed by atoms with E-state index in [1.165, 1.54) is 6.20 Å². The number of carbonyl (C=O) groups excluding carboxylic acids is 1. The summed E-state index contributed by atoms with van der Waals surface area (Å²) in [4.78, 5) is 16.4. The van der Waals surface area contributed by atoms with Crippen molar-refractivity contribution in [3.63, 3.8) is 0 Å². The number of benzene rings is 1. The molecule has 1 fully saturated rings. The largest absolute Gasteiger partial charge is 0.309 e. The number of aromatic amines is 1. The van der Waals surface area contributed by atoms with Crippen molar-refractivity contribution in [2.45, 2.75) is 17.5 Å². The van der Waals surface area contributed by atoms with Crippen LogP contribution < -0.4 is 5.32 Å². The molecule has 4 aromatic rings. The van der Waals surface area contributed by atoms with Gasteiger partial charge in [0.25, 0.3) is 0 Å². The number of carbonyl (C=O) groups is 1. The molecular formula is C19H14F3N5OS. The maximum Gasteiger partial charge on any atom is 0.231 e. The van der Waals surface area contributed by atoms with E-state index in [0.717, 1.165) is 11.8 Å². The first kappa shape index (κ1) is 18.0. The Labute approximate surface area is 166 Å². The van der Waals surface area contributed by atoms with Gasteiger partial charge in [-0.15, -0.1) is 11.8 Å². The molecule has 5 rings (SSSR count). The first-order valence-electron chi connectivity index (χ1n) is 8.80. The van der Waals surface area contributed by atoms with E-state index < -0.39 is 29.6 Å². The van der Waals surface area contributed by atoms with Crippen molar-refractivity contribution in [3.05, 3.63) is 42.4 Å². The minimum absolute atomic E-state index is 0.000750. The summed E-state index contributed by atoms with van der Waals surface area (Å²) in [5.41, 5.74) is 1.69. The molecule has 0 radical (unpaired) electrons. The molecule has 2 N–H and O–H groups in total. The van der Waals surface area contributed by atoms with Crippen LogP contribution in [-0.4, -0.2) is 37.9 Å². The van der Waals surface area contributed by atoms with Crippen molar-refractivity contribution in [3.8, 4) is 11.1 Å². The number of thioether (sulfide) groups is 1. The van der Waals surface area contributed by atoms with E-state index in [4.69, 9.17) is 0 Å². The van der Waals surface area contributed by atoms with E-state index in [2.05, 4.69) is 20.5 Å². The molecule has 1 amide bonds. The van der Waals surface area contributed by atoms with Crippen molar-refractivity contribution in [2.24, 2.45) is 5.92 Å². The van der Waals surface area contributed by atoms with E-state index in [9.17, 15) is 18.0 Å². The number of H-pyrrole nitrogens is 1. The molecule has 10 heteroatoms. The normalized spacial score (nSPS) is 18.5. The number of hydrogen-bond donors (Lipinski definition) is 2. The van der Waals surface area contributed by atoms with Gasteiger partial charge in [-0.05, 0) is 24.8 Å². The van der Waals surface area contributed by atoms with Crippen LogP contribution in [0.1, 0.15) is 6.42 Å². The quantitative estimate of drug-likeness (QED) is 0.489. The number of anilines is 1. The fraction of sp³-hybridized carbons (Fsp3) is 0.211. The Morgan fingerprint density at radius 2 is 2.10 bits per heavy atom. The van der Waals surface area contributed by atoms with E-state index in [1.54, 1.807) is 35.2 Å². The predicted octanol–water partition coefficient (Wildman–Crippen LogP) is 4.17. The molecule has 1 aromatic carbocycles. The minimum atomic E-state index is -1.09. The third-order valence-corrected chi connectivity index (χ3v) is 5.78. The summed E-state index contributed by atoms with van der Waals surface area (Å²) in [6, 6.07) is 3.45. The third kappa shape index (κ3) is 2.86. The summed E-state index contributed by atoms with van der Waals surface area (Å²) >= 11 is 1.10. The molecule has 1 aliphatic rings. The van der Waals surface area contributed by atoms with Gasteiger partial charge in [-0.25, -0.2) is 18.2 Å². The number of alkyl halides is 1. The highest BCUT2D eigenvalue weighted by atomic mass is 32.2. The second kappa shape index (κ2) is 6.51. The van der Waals surface area contributed by atoms with Crippen LogP contribution in [0.5, 0.6) is 0 Å². The monoisotopic (exact) mass is 417 g/mol. The average molecular weight is 417 g/mol. The van der Waals surface area contributed by atoms with Gasteiger partial charge in [0.15, 0.2) is 17.5 Å². The zero-order chi connectivity index (χ0) is 20.3. The summed E-state index contributed by atoms with van der Waals surface area (Å²) in [6.45, 7) is 0. The molecule has 1 aliphatic carbocycles. The number of fused-ring (bicyclic) bond motifs is 2. The molecule has 0 aliphatic heterocycles. The van der Waals surface area contributed by atoms with E-state index >= 15 is 0 Å². The van der Waals surface area contributed by atoms with Gasteiger partial charge >= 0.3 is 0 Å². The number of halogens is 3. The highest BCUT2D eigenvalue weighted by molar-refractivity contribution is 7.98. The maximum atomic E-state index is 14.6. The maximum absolute atomic E-state index is 14.6. The molecule has 3 aromatic heterocycles. The lowest BCUT2D eigenvalue weighted by Crippen LogP contribution is -2.15. The predicted molar refractivity (Wildman–Crippen MR) is 104 cm³/mol. The SMILES string of the molecule is CSc1c(F)c(F)c2[nH]ncc2c1-c1ccc2nc(NC(=O)[C@@H]3C[C@@H]3F)cn2c1. The summed E-state index contributed by atoms with van der Waals surface area (Å²) in [6.07, 6.45) is 5.59. The third-order valence-electron chi connectivity index (χ3n) is 4.99.